The van der Waals surface area contributed by atoms with Crippen LogP contribution in [0.1, 0.15) is 82.2 Å². The van der Waals surface area contributed by atoms with Gasteiger partial charge in [-0.2, -0.15) is 13.2 Å². The summed E-state index contributed by atoms with van der Waals surface area (Å²) in [7, 11) is 0. The van der Waals surface area contributed by atoms with Gasteiger partial charge in [-0.15, -0.1) is 0 Å². The van der Waals surface area contributed by atoms with Gasteiger partial charge in [0, 0.05) is 42.5 Å². The van der Waals surface area contributed by atoms with E-state index >= 15 is 0 Å². The topological polar surface area (TPSA) is 52.7 Å². The van der Waals surface area contributed by atoms with E-state index in [1.807, 2.05) is 71.6 Å². The Morgan fingerprint density at radius 1 is 0.816 bits per heavy atom. The van der Waals surface area contributed by atoms with Crippen molar-refractivity contribution in [2.75, 3.05) is 31.1 Å². The zero-order valence-corrected chi connectivity index (χ0v) is 27.9. The van der Waals surface area contributed by atoms with Crippen molar-refractivity contribution < 1.29 is 22.8 Å². The average molecular weight is 686 g/mol. The molecule has 2 saturated heterocycles. The van der Waals surface area contributed by atoms with Crippen LogP contribution >= 0.6 is 11.6 Å². The summed E-state index contributed by atoms with van der Waals surface area (Å²) in [5, 5.41) is 3.83. The lowest BCUT2D eigenvalue weighted by Crippen LogP contribution is -2.48. The molecule has 1 N–H and O–H groups in total. The standard InChI is InChI=1S/C40H39ClF3N3O2/c41-34-9-5-4-8-32(34)36(28-6-2-1-3-7-28)37(48)45-35-17-12-27-10-11-29(26-33(27)35)38(49)47-24-20-39(21-25-47)18-22-46(23-19-39)31-15-13-30(14-16-31)40(42,43)44/h1-11,13-16,26,35-36H,12,17-25H2,(H,45,48). The minimum atomic E-state index is -4.34. The third-order valence-electron chi connectivity index (χ3n) is 10.9. The highest BCUT2D eigenvalue weighted by Gasteiger charge is 2.39. The lowest BCUT2D eigenvalue weighted by molar-refractivity contribution is -0.137. The Hall–Kier alpha value is -4.30. The van der Waals surface area contributed by atoms with E-state index in [2.05, 4.69) is 10.2 Å². The molecule has 1 spiro atoms. The molecular weight excluding hydrogens is 647 g/mol. The van der Waals surface area contributed by atoms with Crippen molar-refractivity contribution in [3.05, 3.63) is 135 Å². The Bertz CT molecular complexity index is 1810. The normalized spacial score (nSPS) is 19.4. The van der Waals surface area contributed by atoms with Gasteiger partial charge < -0.3 is 15.1 Å². The van der Waals surface area contributed by atoms with E-state index in [-0.39, 0.29) is 23.3 Å². The minimum absolute atomic E-state index is 0.00930. The van der Waals surface area contributed by atoms with Gasteiger partial charge in [-0.3, -0.25) is 9.59 Å². The molecule has 49 heavy (non-hydrogen) atoms. The summed E-state index contributed by atoms with van der Waals surface area (Å²) >= 11 is 6.58. The summed E-state index contributed by atoms with van der Waals surface area (Å²) in [6, 6.07) is 28.2. The molecule has 4 aromatic rings. The summed E-state index contributed by atoms with van der Waals surface area (Å²) < 4.78 is 39.0. The van der Waals surface area contributed by atoms with Gasteiger partial charge in [-0.1, -0.05) is 66.2 Å². The van der Waals surface area contributed by atoms with Gasteiger partial charge in [0.1, 0.15) is 0 Å². The van der Waals surface area contributed by atoms with Gasteiger partial charge in [0.2, 0.25) is 5.91 Å². The van der Waals surface area contributed by atoms with Crippen molar-refractivity contribution >= 4 is 29.1 Å². The smallest absolute Gasteiger partial charge is 0.371 e. The molecule has 2 amide bonds. The molecule has 2 fully saturated rings. The van der Waals surface area contributed by atoms with Crippen LogP contribution in [0.25, 0.3) is 0 Å². The van der Waals surface area contributed by atoms with E-state index in [1.165, 1.54) is 0 Å². The molecule has 0 radical (unpaired) electrons. The SMILES string of the molecule is O=C(NC1CCc2ccc(C(=O)N3CCC4(CC3)CCN(c3ccc(C(F)(F)F)cc3)CC4)cc21)C(c1ccccc1)c1ccccc1Cl. The number of amides is 2. The van der Waals surface area contributed by atoms with E-state index in [9.17, 15) is 22.8 Å². The predicted octanol–water partition coefficient (Wildman–Crippen LogP) is 8.82. The van der Waals surface area contributed by atoms with Gasteiger partial charge in [0.15, 0.2) is 0 Å². The first kappa shape index (κ1) is 33.2. The van der Waals surface area contributed by atoms with Crippen molar-refractivity contribution in [2.24, 2.45) is 5.41 Å². The maximum absolute atomic E-state index is 13.9. The maximum Gasteiger partial charge on any atom is 0.416 e. The molecule has 0 aromatic heterocycles. The lowest BCUT2D eigenvalue weighted by Gasteiger charge is -2.47. The lowest BCUT2D eigenvalue weighted by atomic mass is 9.71. The zero-order valence-electron chi connectivity index (χ0n) is 27.2. The Morgan fingerprint density at radius 3 is 2.14 bits per heavy atom. The second kappa shape index (κ2) is 13.5. The van der Waals surface area contributed by atoms with Crippen LogP contribution in [0.3, 0.4) is 0 Å². The number of carbonyl (C=O) groups excluding carboxylic acids is 2. The molecule has 2 heterocycles. The number of anilines is 1. The number of hydrogen-bond donors (Lipinski definition) is 1. The average Bonchev–Trinajstić information content (AvgIpc) is 3.51. The molecule has 4 aromatic carbocycles. The van der Waals surface area contributed by atoms with Crippen LogP contribution in [0, 0.1) is 5.41 Å². The summed E-state index contributed by atoms with van der Waals surface area (Å²) in [6.45, 7) is 2.93. The number of benzene rings is 4. The first-order valence-electron chi connectivity index (χ1n) is 17.0. The molecule has 2 aliphatic heterocycles. The van der Waals surface area contributed by atoms with Crippen LogP contribution in [0.4, 0.5) is 18.9 Å². The number of nitrogens with zero attached hydrogens (tertiary/aromatic N) is 2. The summed E-state index contributed by atoms with van der Waals surface area (Å²) in [4.78, 5) is 31.8. The number of carbonyl (C=O) groups is 2. The molecule has 0 saturated carbocycles. The minimum Gasteiger partial charge on any atom is -0.371 e. The van der Waals surface area contributed by atoms with Gasteiger partial charge >= 0.3 is 6.18 Å². The van der Waals surface area contributed by atoms with Gasteiger partial charge in [0.05, 0.1) is 17.5 Å². The highest BCUT2D eigenvalue weighted by molar-refractivity contribution is 6.31. The third-order valence-corrected chi connectivity index (χ3v) is 11.2. The first-order valence-corrected chi connectivity index (χ1v) is 17.4. The Kier molecular flexibility index (Phi) is 9.18. The molecule has 3 aliphatic rings. The van der Waals surface area contributed by atoms with E-state index in [1.54, 1.807) is 18.2 Å². The van der Waals surface area contributed by atoms with Crippen molar-refractivity contribution in [3.8, 4) is 0 Å². The molecule has 1 aliphatic carbocycles. The number of rotatable bonds is 6. The van der Waals surface area contributed by atoms with Gasteiger partial charge in [0.25, 0.3) is 5.91 Å². The van der Waals surface area contributed by atoms with Crippen LogP contribution in [-0.2, 0) is 17.4 Å². The van der Waals surface area contributed by atoms with Crippen LogP contribution < -0.4 is 10.2 Å². The molecule has 254 valence electrons. The number of hydrogen-bond acceptors (Lipinski definition) is 3. The van der Waals surface area contributed by atoms with E-state index in [0.29, 0.717) is 23.7 Å². The van der Waals surface area contributed by atoms with Crippen LogP contribution in [0.15, 0.2) is 97.1 Å². The molecule has 9 heteroatoms. The summed E-state index contributed by atoms with van der Waals surface area (Å²) in [6.07, 6.45) is 0.976. The van der Waals surface area contributed by atoms with Crippen LogP contribution in [0.5, 0.6) is 0 Å². The second-order valence-corrected chi connectivity index (χ2v) is 14.1. The quantitative estimate of drug-likeness (QED) is 0.221. The molecule has 2 atom stereocenters. The number of piperidine rings is 2. The zero-order chi connectivity index (χ0) is 34.2. The highest BCUT2D eigenvalue weighted by atomic mass is 35.5. The number of aryl methyl sites for hydroxylation is 1. The van der Waals surface area contributed by atoms with Crippen LogP contribution in [0.2, 0.25) is 5.02 Å². The number of fused-ring (bicyclic) bond motifs is 1. The highest BCUT2D eigenvalue weighted by Crippen LogP contribution is 2.43. The van der Waals surface area contributed by atoms with Crippen molar-refractivity contribution in [1.82, 2.24) is 10.2 Å². The Balaban J connectivity index is 0.988. The van der Waals surface area contributed by atoms with Gasteiger partial charge in [-0.05, 0) is 109 Å². The molecular formula is C40H39ClF3N3O2. The summed E-state index contributed by atoms with van der Waals surface area (Å²) in [5.74, 6) is -0.680. The molecule has 5 nitrogen and oxygen atoms in total. The third kappa shape index (κ3) is 6.93. The largest absolute Gasteiger partial charge is 0.416 e. The monoisotopic (exact) mass is 685 g/mol. The predicted molar refractivity (Wildman–Crippen MR) is 186 cm³/mol. The van der Waals surface area contributed by atoms with Crippen molar-refractivity contribution in [1.29, 1.82) is 0 Å². The van der Waals surface area contributed by atoms with Crippen molar-refractivity contribution in [2.45, 2.75) is 56.7 Å². The first-order chi connectivity index (χ1) is 23.6. The van der Waals surface area contributed by atoms with E-state index in [4.69, 9.17) is 11.6 Å². The van der Waals surface area contributed by atoms with Crippen LogP contribution in [-0.4, -0.2) is 42.9 Å². The molecule has 7 rings (SSSR count). The number of nitrogens with one attached hydrogen (secondary N) is 1. The fraction of sp³-hybridized carbons (Fsp3) is 0.350. The molecule has 0 bridgehead atoms. The fourth-order valence-electron chi connectivity index (χ4n) is 7.93. The summed E-state index contributed by atoms with van der Waals surface area (Å²) in [5.41, 5.74) is 4.73. The number of alkyl halides is 3. The van der Waals surface area contributed by atoms with E-state index in [0.717, 1.165) is 91.7 Å². The van der Waals surface area contributed by atoms with Gasteiger partial charge in [-0.25, -0.2) is 0 Å². The second-order valence-electron chi connectivity index (χ2n) is 13.7. The maximum atomic E-state index is 13.9. The number of likely N-dealkylation sites (tertiary alicyclic amines) is 1. The Labute approximate surface area is 290 Å². The molecule has 2 unspecified atom stereocenters. The van der Waals surface area contributed by atoms with Crippen molar-refractivity contribution in [3.63, 3.8) is 0 Å². The van der Waals surface area contributed by atoms with E-state index < -0.39 is 17.7 Å². The fourth-order valence-corrected chi connectivity index (χ4v) is 8.18. The number of halogens is 4. The Morgan fingerprint density at radius 2 is 1.47 bits per heavy atom.